The Labute approximate surface area is 114 Å². The van der Waals surface area contributed by atoms with Crippen molar-refractivity contribution in [2.45, 2.75) is 18.8 Å². The Kier molecular flexibility index (Phi) is 5.57. The van der Waals surface area contributed by atoms with Crippen LogP contribution in [-0.2, 0) is 0 Å². The molecule has 18 heavy (non-hydrogen) atoms. The van der Waals surface area contributed by atoms with Crippen molar-refractivity contribution in [1.82, 2.24) is 5.32 Å². The van der Waals surface area contributed by atoms with Crippen molar-refractivity contribution in [2.24, 2.45) is 5.92 Å². The molecule has 0 aromatic heterocycles. The number of hydrogen-bond donors (Lipinski definition) is 1. The van der Waals surface area contributed by atoms with Crippen molar-refractivity contribution in [2.75, 3.05) is 24.6 Å². The fraction of sp³-hybridized carbons (Fsp3) is 0.533. The van der Waals surface area contributed by atoms with Gasteiger partial charge in [-0.15, -0.1) is 0 Å². The van der Waals surface area contributed by atoms with Gasteiger partial charge < -0.3 is 5.32 Å². The number of hydrogen-bond acceptors (Lipinski definition) is 3. The summed E-state index contributed by atoms with van der Waals surface area (Å²) < 4.78 is 0. The maximum atomic E-state index is 9.22. The van der Waals surface area contributed by atoms with Gasteiger partial charge in [0.1, 0.15) is 0 Å². The van der Waals surface area contributed by atoms with Crippen molar-refractivity contribution in [3.63, 3.8) is 0 Å². The fourth-order valence-corrected chi connectivity index (χ4v) is 3.51. The number of nitrogens with one attached hydrogen (secondary N) is 1. The summed E-state index contributed by atoms with van der Waals surface area (Å²) in [5.74, 6) is 3.38. The van der Waals surface area contributed by atoms with Crippen LogP contribution in [-0.4, -0.2) is 24.6 Å². The number of thioether (sulfide) groups is 1. The van der Waals surface area contributed by atoms with E-state index in [-0.39, 0.29) is 5.92 Å². The molecule has 1 aliphatic rings. The van der Waals surface area contributed by atoms with E-state index in [0.29, 0.717) is 0 Å². The summed E-state index contributed by atoms with van der Waals surface area (Å²) in [6, 6.07) is 12.4. The zero-order valence-corrected chi connectivity index (χ0v) is 11.5. The highest BCUT2D eigenvalue weighted by atomic mass is 32.2. The molecule has 1 N–H and O–H groups in total. The van der Waals surface area contributed by atoms with Crippen molar-refractivity contribution in [1.29, 1.82) is 5.26 Å². The van der Waals surface area contributed by atoms with Crippen molar-refractivity contribution in [3.8, 4) is 6.07 Å². The van der Waals surface area contributed by atoms with Gasteiger partial charge in [0, 0.05) is 6.54 Å². The number of nitriles is 1. The van der Waals surface area contributed by atoms with Crippen LogP contribution in [0.4, 0.5) is 0 Å². The third kappa shape index (κ3) is 4.04. The minimum atomic E-state index is -0.0239. The van der Waals surface area contributed by atoms with E-state index in [4.69, 9.17) is 0 Å². The van der Waals surface area contributed by atoms with Crippen LogP contribution in [0.3, 0.4) is 0 Å². The molecule has 96 valence electrons. The van der Waals surface area contributed by atoms with Crippen LogP contribution in [0.2, 0.25) is 0 Å². The largest absolute Gasteiger partial charge is 0.315 e. The third-order valence-electron chi connectivity index (χ3n) is 3.48. The molecule has 1 saturated heterocycles. The third-order valence-corrected chi connectivity index (χ3v) is 4.53. The Morgan fingerprint density at radius 3 is 2.67 bits per heavy atom. The molecule has 1 aromatic carbocycles. The van der Waals surface area contributed by atoms with Gasteiger partial charge in [-0.05, 0) is 42.4 Å². The lowest BCUT2D eigenvalue weighted by molar-refractivity contribution is 0.445. The van der Waals surface area contributed by atoms with Gasteiger partial charge in [-0.3, -0.25) is 0 Å². The molecule has 1 unspecified atom stereocenters. The van der Waals surface area contributed by atoms with Crippen molar-refractivity contribution >= 4 is 11.8 Å². The summed E-state index contributed by atoms with van der Waals surface area (Å²) in [5, 5.41) is 12.7. The molecule has 2 rings (SSSR count). The first kappa shape index (κ1) is 13.5. The van der Waals surface area contributed by atoms with E-state index in [1.165, 1.54) is 24.3 Å². The fourth-order valence-electron chi connectivity index (χ4n) is 2.31. The SMILES string of the molecule is N#CC(CNCC1CCSCC1)c1ccccc1. The predicted molar refractivity (Wildman–Crippen MR) is 77.7 cm³/mol. The van der Waals surface area contributed by atoms with Crippen molar-refractivity contribution < 1.29 is 0 Å². The molecule has 3 heteroatoms. The lowest BCUT2D eigenvalue weighted by atomic mass is 9.99. The van der Waals surface area contributed by atoms with E-state index >= 15 is 0 Å². The van der Waals surface area contributed by atoms with Crippen LogP contribution >= 0.6 is 11.8 Å². The van der Waals surface area contributed by atoms with Crippen LogP contribution in [0, 0.1) is 17.2 Å². The van der Waals surface area contributed by atoms with Crippen LogP contribution in [0.15, 0.2) is 30.3 Å². The average Bonchev–Trinajstić information content (AvgIpc) is 2.46. The van der Waals surface area contributed by atoms with E-state index in [1.54, 1.807) is 0 Å². The van der Waals surface area contributed by atoms with Gasteiger partial charge in [0.05, 0.1) is 12.0 Å². The summed E-state index contributed by atoms with van der Waals surface area (Å²) in [5.41, 5.74) is 1.12. The minimum Gasteiger partial charge on any atom is -0.315 e. The Bertz CT molecular complexity index is 379. The first-order valence-electron chi connectivity index (χ1n) is 6.63. The Balaban J connectivity index is 1.76. The molecule has 0 aliphatic carbocycles. The highest BCUT2D eigenvalue weighted by molar-refractivity contribution is 7.99. The van der Waals surface area contributed by atoms with Crippen LogP contribution in [0.1, 0.15) is 24.3 Å². The van der Waals surface area contributed by atoms with Crippen LogP contribution in [0.5, 0.6) is 0 Å². The molecule has 0 spiro atoms. The normalized spacial score (nSPS) is 18.2. The summed E-state index contributed by atoms with van der Waals surface area (Å²) in [7, 11) is 0. The smallest absolute Gasteiger partial charge is 0.0837 e. The first-order valence-corrected chi connectivity index (χ1v) is 7.78. The molecular formula is C15H20N2S. The van der Waals surface area contributed by atoms with E-state index < -0.39 is 0 Å². The summed E-state index contributed by atoms with van der Waals surface area (Å²) in [6.45, 7) is 1.83. The van der Waals surface area contributed by atoms with E-state index in [2.05, 4.69) is 23.1 Å². The maximum Gasteiger partial charge on any atom is 0.0837 e. The van der Waals surface area contributed by atoms with Gasteiger partial charge >= 0.3 is 0 Å². The van der Waals surface area contributed by atoms with Crippen LogP contribution < -0.4 is 5.32 Å². The molecule has 1 aromatic rings. The highest BCUT2D eigenvalue weighted by Gasteiger charge is 2.15. The zero-order valence-electron chi connectivity index (χ0n) is 10.6. The number of benzene rings is 1. The van der Waals surface area contributed by atoms with Gasteiger partial charge in [0.2, 0.25) is 0 Å². The van der Waals surface area contributed by atoms with Crippen molar-refractivity contribution in [3.05, 3.63) is 35.9 Å². The second-order valence-corrected chi connectivity index (χ2v) is 6.03. The molecule has 1 aliphatic heterocycles. The Morgan fingerprint density at radius 1 is 1.28 bits per heavy atom. The molecule has 0 radical (unpaired) electrons. The molecule has 0 saturated carbocycles. The molecule has 1 atom stereocenters. The zero-order chi connectivity index (χ0) is 12.6. The summed E-state index contributed by atoms with van der Waals surface area (Å²) in [6.07, 6.45) is 2.64. The molecule has 1 fully saturated rings. The first-order chi connectivity index (χ1) is 8.90. The Morgan fingerprint density at radius 2 is 2.00 bits per heavy atom. The number of rotatable bonds is 5. The number of nitrogens with zero attached hydrogens (tertiary/aromatic N) is 1. The topological polar surface area (TPSA) is 35.8 Å². The molecule has 2 nitrogen and oxygen atoms in total. The van der Waals surface area contributed by atoms with Gasteiger partial charge in [-0.1, -0.05) is 30.3 Å². The Hall–Kier alpha value is -0.980. The van der Waals surface area contributed by atoms with E-state index in [9.17, 15) is 5.26 Å². The van der Waals surface area contributed by atoms with Gasteiger partial charge in [0.15, 0.2) is 0 Å². The van der Waals surface area contributed by atoms with Gasteiger partial charge in [-0.25, -0.2) is 0 Å². The highest BCUT2D eigenvalue weighted by Crippen LogP contribution is 2.22. The van der Waals surface area contributed by atoms with E-state index in [1.807, 2.05) is 30.3 Å². The maximum absolute atomic E-state index is 9.22. The van der Waals surface area contributed by atoms with Gasteiger partial charge in [0.25, 0.3) is 0 Å². The van der Waals surface area contributed by atoms with Crippen LogP contribution in [0.25, 0.3) is 0 Å². The monoisotopic (exact) mass is 260 g/mol. The minimum absolute atomic E-state index is 0.0239. The predicted octanol–water partition coefficient (Wildman–Crippen LogP) is 3.03. The van der Waals surface area contributed by atoms with E-state index in [0.717, 1.165) is 24.6 Å². The second-order valence-electron chi connectivity index (χ2n) is 4.81. The standard InChI is InChI=1S/C15H20N2S/c16-10-15(14-4-2-1-3-5-14)12-17-11-13-6-8-18-9-7-13/h1-5,13,15,17H,6-9,11-12H2. The quantitative estimate of drug-likeness (QED) is 0.884. The molecule has 0 amide bonds. The summed E-state index contributed by atoms with van der Waals surface area (Å²) >= 11 is 2.06. The molecule has 0 bridgehead atoms. The molecular weight excluding hydrogens is 240 g/mol. The lowest BCUT2D eigenvalue weighted by Gasteiger charge is -2.22. The molecule has 1 heterocycles. The lowest BCUT2D eigenvalue weighted by Crippen LogP contribution is -2.29. The summed E-state index contributed by atoms with van der Waals surface area (Å²) in [4.78, 5) is 0. The van der Waals surface area contributed by atoms with Gasteiger partial charge in [-0.2, -0.15) is 17.0 Å². The average molecular weight is 260 g/mol. The second kappa shape index (κ2) is 7.45.